The van der Waals surface area contributed by atoms with Crippen molar-refractivity contribution in [2.45, 2.75) is 0 Å². The van der Waals surface area contributed by atoms with Gasteiger partial charge in [0.1, 0.15) is 0 Å². The molecule has 0 saturated carbocycles. The Kier molecular flexibility index (Phi) is 142. The van der Waals surface area contributed by atoms with Gasteiger partial charge in [0.25, 0.3) is 0 Å². The third-order valence-corrected chi connectivity index (χ3v) is 0. The molecule has 0 aromatic heterocycles. The molecular weight excluding hydrogens is 235 g/mol. The van der Waals surface area contributed by atoms with Crippen molar-refractivity contribution < 1.29 is 57.3 Å². The number of hydrogen-bond donors (Lipinski definition) is 0. The third-order valence-electron chi connectivity index (χ3n) is 0. The van der Waals surface area contributed by atoms with E-state index in [-0.39, 0.29) is 16.4 Å². The molecule has 9 heteroatoms. The van der Waals surface area contributed by atoms with Gasteiger partial charge >= 0.3 is 27.5 Å². The average molecular weight is 241 g/mol. The summed E-state index contributed by atoms with van der Waals surface area (Å²) in [6, 6.07) is 0. The van der Waals surface area contributed by atoms with Crippen LogP contribution >= 0.6 is 0 Å². The van der Waals surface area contributed by atoms with E-state index in [1.54, 1.807) is 0 Å². The number of rotatable bonds is 0. The van der Waals surface area contributed by atoms with Crippen LogP contribution < -0.4 is 0 Å². The van der Waals surface area contributed by atoms with E-state index in [0.29, 0.717) is 24.7 Å². The zero-order valence-corrected chi connectivity index (χ0v) is 7.32. The first-order chi connectivity index (χ1) is 2.73. The molecular formula is H6O7SZr. The van der Waals surface area contributed by atoms with E-state index < -0.39 is 11.4 Å². The van der Waals surface area contributed by atoms with Crippen LogP contribution in [-0.4, -0.2) is 29.7 Å². The van der Waals surface area contributed by atoms with Gasteiger partial charge in [-0.2, -0.15) is 0 Å². The molecule has 0 aliphatic rings. The molecule has 9 heavy (non-hydrogen) atoms. The van der Waals surface area contributed by atoms with Crippen LogP contribution in [-0.2, 0) is 38.9 Å². The van der Waals surface area contributed by atoms with Gasteiger partial charge in [0.05, 0.1) is 0 Å². The maximum absolute atomic E-state index is 8.44. The molecule has 0 unspecified atom stereocenters. The summed E-state index contributed by atoms with van der Waals surface area (Å²) in [5.74, 6) is 0. The van der Waals surface area contributed by atoms with Crippen molar-refractivity contribution in [2.24, 2.45) is 0 Å². The summed E-state index contributed by atoms with van der Waals surface area (Å²) in [4.78, 5) is 0. The molecule has 0 radical (unpaired) electrons. The predicted molar refractivity (Wildman–Crippen MR) is 21.2 cm³/mol. The van der Waals surface area contributed by atoms with Gasteiger partial charge in [-0.3, -0.25) is 4.21 Å². The summed E-state index contributed by atoms with van der Waals surface area (Å²) in [5, 5.41) is 0. The quantitative estimate of drug-likeness (QED) is 0.398. The molecule has 0 heterocycles. The minimum atomic E-state index is -3.11. The standard InChI is InChI=1S/H2O3S.3H2O.O.Zr/c1-4(2)3;;;;;/h(H2,1,2,3);3*1H2;;/q;;;;;+2/p-2. The Morgan fingerprint density at radius 1 is 1.00 bits per heavy atom. The fraction of sp³-hybridized carbons (Fsp3) is 0. The molecule has 58 valence electrons. The van der Waals surface area contributed by atoms with E-state index in [0.717, 1.165) is 0 Å². The number of hydrogen-bond acceptors (Lipinski definition) is 4. The molecule has 0 spiro atoms. The Labute approximate surface area is 68.8 Å². The Morgan fingerprint density at radius 2 is 1.00 bits per heavy atom. The van der Waals surface area contributed by atoms with Crippen molar-refractivity contribution in [3.8, 4) is 0 Å². The van der Waals surface area contributed by atoms with Crippen LogP contribution in [0, 0.1) is 0 Å². The predicted octanol–water partition coefficient (Wildman–Crippen LogP) is -3.60. The Morgan fingerprint density at radius 3 is 1.00 bits per heavy atom. The van der Waals surface area contributed by atoms with Gasteiger partial charge in [-0.05, 0) is 0 Å². The molecule has 0 aliphatic carbocycles. The Hall–Kier alpha value is 0.633. The Balaban J connectivity index is -0.00000000990. The van der Waals surface area contributed by atoms with Crippen LogP contribution in [0.2, 0.25) is 0 Å². The maximum atomic E-state index is 8.44. The molecule has 6 N–H and O–H groups in total. The second-order valence-electron chi connectivity index (χ2n) is 0.204. The summed E-state index contributed by atoms with van der Waals surface area (Å²) < 4.78 is 33.7. The van der Waals surface area contributed by atoms with Crippen LogP contribution in [0.3, 0.4) is 0 Å². The normalized spacial score (nSPS) is 4.56. The fourth-order valence-electron chi connectivity index (χ4n) is 0. The molecule has 0 aliphatic heterocycles. The van der Waals surface area contributed by atoms with E-state index in [1.807, 2.05) is 0 Å². The van der Waals surface area contributed by atoms with E-state index in [9.17, 15) is 0 Å². The molecule has 0 rings (SSSR count). The fourth-order valence-corrected chi connectivity index (χ4v) is 0. The minimum absolute atomic E-state index is 0. The van der Waals surface area contributed by atoms with Crippen molar-refractivity contribution in [1.82, 2.24) is 0 Å². The van der Waals surface area contributed by atoms with Gasteiger partial charge in [0, 0.05) is 0 Å². The van der Waals surface area contributed by atoms with Crippen molar-refractivity contribution >= 4 is 11.4 Å². The second-order valence-corrected chi connectivity index (χ2v) is 0.612. The molecule has 0 saturated heterocycles. The van der Waals surface area contributed by atoms with E-state index in [2.05, 4.69) is 0 Å². The molecule has 0 amide bonds. The Bertz CT molecular complexity index is 40.2. The van der Waals surface area contributed by atoms with Gasteiger partial charge in [0.15, 0.2) is 0 Å². The van der Waals surface area contributed by atoms with E-state index in [1.165, 1.54) is 0 Å². The summed E-state index contributed by atoms with van der Waals surface area (Å²) in [5.41, 5.74) is 0. The topological polar surface area (TPSA) is 175 Å². The monoisotopic (exact) mass is 240 g/mol. The average Bonchev–Trinajstić information content (AvgIpc) is 1.41. The second kappa shape index (κ2) is 38.1. The van der Waals surface area contributed by atoms with Crippen molar-refractivity contribution in [3.05, 3.63) is 0 Å². The molecule has 0 aromatic carbocycles. The van der Waals surface area contributed by atoms with Crippen LogP contribution in [0.1, 0.15) is 0 Å². The molecule has 0 fully saturated rings. The van der Waals surface area contributed by atoms with Crippen LogP contribution in [0.25, 0.3) is 0 Å². The van der Waals surface area contributed by atoms with Crippen molar-refractivity contribution in [2.75, 3.05) is 0 Å². The van der Waals surface area contributed by atoms with Crippen molar-refractivity contribution in [3.63, 3.8) is 0 Å². The van der Waals surface area contributed by atoms with E-state index in [4.69, 9.17) is 16.1 Å². The molecule has 0 aromatic rings. The first-order valence-electron chi connectivity index (χ1n) is 0.704. The molecule has 0 atom stereocenters. The van der Waals surface area contributed by atoms with Crippen LogP contribution in [0.15, 0.2) is 0 Å². The first kappa shape index (κ1) is 33.4. The molecule has 0 bridgehead atoms. The SMILES string of the molecule is O.O.O.O=S([O-])[O-].[O]=[Zr+2]. The van der Waals surface area contributed by atoms with Gasteiger partial charge in [0.2, 0.25) is 0 Å². The third kappa shape index (κ3) is 948. The molecule has 7 nitrogen and oxygen atoms in total. The van der Waals surface area contributed by atoms with Crippen LogP contribution in [0.4, 0.5) is 0 Å². The van der Waals surface area contributed by atoms with Gasteiger partial charge in [-0.25, -0.2) is 0 Å². The van der Waals surface area contributed by atoms with Gasteiger partial charge in [-0.1, -0.05) is 0 Å². The summed E-state index contributed by atoms with van der Waals surface area (Å²) in [6.07, 6.45) is 0. The van der Waals surface area contributed by atoms with Crippen LogP contribution in [0.5, 0.6) is 0 Å². The summed E-state index contributed by atoms with van der Waals surface area (Å²) in [7, 11) is 0. The van der Waals surface area contributed by atoms with E-state index >= 15 is 0 Å². The van der Waals surface area contributed by atoms with Gasteiger partial charge < -0.3 is 25.5 Å². The summed E-state index contributed by atoms with van der Waals surface area (Å²) >= 11 is -2.81. The van der Waals surface area contributed by atoms with Gasteiger partial charge in [-0.15, -0.1) is 11.4 Å². The zero-order chi connectivity index (χ0) is 5.58. The first-order valence-corrected chi connectivity index (χ1v) is 2.71. The van der Waals surface area contributed by atoms with Crippen molar-refractivity contribution in [1.29, 1.82) is 0 Å². The summed E-state index contributed by atoms with van der Waals surface area (Å²) in [6.45, 7) is 0. The zero-order valence-electron chi connectivity index (χ0n) is 4.04.